The first-order valence-electron chi connectivity index (χ1n) is 6.91. The highest BCUT2D eigenvalue weighted by atomic mass is 15.6. The molecule has 0 saturated heterocycles. The minimum absolute atomic E-state index is 0.215. The third-order valence-corrected chi connectivity index (χ3v) is 3.50. The molecule has 21 heavy (non-hydrogen) atoms. The number of hydrogen-bond donors (Lipinski definition) is 1. The van der Waals surface area contributed by atoms with E-state index in [2.05, 4.69) is 33.7 Å². The topological polar surface area (TPSA) is 55.6 Å². The van der Waals surface area contributed by atoms with Crippen molar-refractivity contribution in [3.8, 4) is 17.1 Å². The number of para-hydroxylation sites is 1. The molecule has 0 aliphatic carbocycles. The van der Waals surface area contributed by atoms with Gasteiger partial charge in [0.1, 0.15) is 0 Å². The molecule has 0 bridgehead atoms. The van der Waals surface area contributed by atoms with Crippen LogP contribution in [0.5, 0.6) is 0 Å². The number of benzene rings is 2. The second kappa shape index (κ2) is 5.85. The van der Waals surface area contributed by atoms with Crippen LogP contribution in [0.15, 0.2) is 54.6 Å². The molecule has 1 unspecified atom stereocenters. The van der Waals surface area contributed by atoms with Gasteiger partial charge in [-0.25, -0.2) is 0 Å². The van der Waals surface area contributed by atoms with Crippen LogP contribution in [0.1, 0.15) is 18.5 Å². The molecule has 106 valence electrons. The zero-order chi connectivity index (χ0) is 14.7. The van der Waals surface area contributed by atoms with Crippen LogP contribution < -0.4 is 5.32 Å². The quantitative estimate of drug-likeness (QED) is 0.797. The van der Waals surface area contributed by atoms with Gasteiger partial charge >= 0.3 is 0 Å². The smallest absolute Gasteiger partial charge is 0.205 e. The van der Waals surface area contributed by atoms with Crippen molar-refractivity contribution in [2.24, 2.45) is 0 Å². The number of nitrogens with one attached hydrogen (secondary N) is 1. The third-order valence-electron chi connectivity index (χ3n) is 3.50. The lowest BCUT2D eigenvalue weighted by molar-refractivity contribution is 0.630. The Bertz CT molecular complexity index is 720. The summed E-state index contributed by atoms with van der Waals surface area (Å²) >= 11 is 0. The monoisotopic (exact) mass is 279 g/mol. The van der Waals surface area contributed by atoms with Gasteiger partial charge in [-0.15, -0.1) is 15.0 Å². The van der Waals surface area contributed by atoms with Crippen LogP contribution >= 0.6 is 0 Å². The number of aromatic nitrogens is 4. The van der Waals surface area contributed by atoms with Gasteiger partial charge in [0.15, 0.2) is 0 Å². The second-order valence-electron chi connectivity index (χ2n) is 4.84. The van der Waals surface area contributed by atoms with Crippen LogP contribution in [0, 0.1) is 0 Å². The highest BCUT2D eigenvalue weighted by Crippen LogP contribution is 2.21. The van der Waals surface area contributed by atoms with E-state index in [0.29, 0.717) is 5.82 Å². The molecule has 3 rings (SSSR count). The van der Waals surface area contributed by atoms with E-state index in [0.717, 1.165) is 16.8 Å². The Balaban J connectivity index is 2.01. The molecule has 3 aromatic rings. The molecule has 5 nitrogen and oxygen atoms in total. The summed E-state index contributed by atoms with van der Waals surface area (Å²) in [6.45, 7) is 2.11. The minimum Gasteiger partial charge on any atom is -0.313 e. The van der Waals surface area contributed by atoms with Gasteiger partial charge in [0.25, 0.3) is 0 Å². The van der Waals surface area contributed by atoms with E-state index in [9.17, 15) is 0 Å². The van der Waals surface area contributed by atoms with Crippen molar-refractivity contribution in [3.63, 3.8) is 0 Å². The van der Waals surface area contributed by atoms with Crippen LogP contribution in [-0.4, -0.2) is 27.3 Å². The van der Waals surface area contributed by atoms with Crippen LogP contribution in [0.2, 0.25) is 0 Å². The average molecular weight is 279 g/mol. The maximum absolute atomic E-state index is 4.49. The Labute approximate surface area is 123 Å². The van der Waals surface area contributed by atoms with E-state index in [1.807, 2.05) is 55.6 Å². The van der Waals surface area contributed by atoms with E-state index < -0.39 is 0 Å². The summed E-state index contributed by atoms with van der Waals surface area (Å²) in [5.74, 6) is 0.627. The zero-order valence-corrected chi connectivity index (χ0v) is 12.1. The SMILES string of the molecule is CNC(C)c1ccccc1-n1nnc(-c2ccccc2)n1. The van der Waals surface area contributed by atoms with Crippen molar-refractivity contribution in [2.45, 2.75) is 13.0 Å². The van der Waals surface area contributed by atoms with Gasteiger partial charge in [-0.2, -0.15) is 0 Å². The zero-order valence-electron chi connectivity index (χ0n) is 12.1. The predicted molar refractivity (Wildman–Crippen MR) is 82.1 cm³/mol. The molecular weight excluding hydrogens is 262 g/mol. The van der Waals surface area contributed by atoms with Crippen LogP contribution in [0.4, 0.5) is 0 Å². The molecule has 1 atom stereocenters. The summed E-state index contributed by atoms with van der Waals surface area (Å²) in [6.07, 6.45) is 0. The van der Waals surface area contributed by atoms with Crippen molar-refractivity contribution in [2.75, 3.05) is 7.05 Å². The Morgan fingerprint density at radius 2 is 1.71 bits per heavy atom. The Morgan fingerprint density at radius 3 is 2.48 bits per heavy atom. The maximum atomic E-state index is 4.49. The first kappa shape index (κ1) is 13.5. The van der Waals surface area contributed by atoms with Crippen molar-refractivity contribution in [1.82, 2.24) is 25.5 Å². The number of rotatable bonds is 4. The fraction of sp³-hybridized carbons (Fsp3) is 0.188. The molecule has 0 aliphatic heterocycles. The van der Waals surface area contributed by atoms with Gasteiger partial charge in [0.05, 0.1) is 5.69 Å². The highest BCUT2D eigenvalue weighted by molar-refractivity contribution is 5.53. The second-order valence-corrected chi connectivity index (χ2v) is 4.84. The largest absolute Gasteiger partial charge is 0.313 e. The lowest BCUT2D eigenvalue weighted by Gasteiger charge is -2.14. The van der Waals surface area contributed by atoms with Crippen LogP contribution in [0.25, 0.3) is 17.1 Å². The van der Waals surface area contributed by atoms with E-state index in [1.54, 1.807) is 4.80 Å². The van der Waals surface area contributed by atoms with E-state index >= 15 is 0 Å². The molecule has 2 aromatic carbocycles. The van der Waals surface area contributed by atoms with Crippen molar-refractivity contribution in [3.05, 3.63) is 60.2 Å². The standard InChI is InChI=1S/C16H17N5/c1-12(17-2)14-10-6-7-11-15(14)21-19-16(18-20-21)13-8-4-3-5-9-13/h3-12,17H,1-2H3. The van der Waals surface area contributed by atoms with Gasteiger partial charge in [0.2, 0.25) is 5.82 Å². The molecule has 1 aromatic heterocycles. The van der Waals surface area contributed by atoms with E-state index in [1.165, 1.54) is 0 Å². The third kappa shape index (κ3) is 2.68. The number of hydrogen-bond acceptors (Lipinski definition) is 4. The maximum Gasteiger partial charge on any atom is 0.205 e. The lowest BCUT2D eigenvalue weighted by atomic mass is 10.1. The molecule has 5 heteroatoms. The fourth-order valence-electron chi connectivity index (χ4n) is 2.21. The first-order valence-corrected chi connectivity index (χ1v) is 6.91. The molecule has 0 fully saturated rings. The molecule has 1 heterocycles. The van der Waals surface area contributed by atoms with Crippen molar-refractivity contribution in [1.29, 1.82) is 0 Å². The summed E-state index contributed by atoms with van der Waals surface area (Å²) in [5.41, 5.74) is 3.04. The Hall–Kier alpha value is -2.53. The van der Waals surface area contributed by atoms with Gasteiger partial charge in [-0.1, -0.05) is 48.5 Å². The summed E-state index contributed by atoms with van der Waals surface area (Å²) < 4.78 is 0. The summed E-state index contributed by atoms with van der Waals surface area (Å²) in [6, 6.07) is 18.1. The average Bonchev–Trinajstić information content (AvgIpc) is 3.05. The summed E-state index contributed by atoms with van der Waals surface area (Å²) in [5, 5.41) is 16.1. The predicted octanol–water partition coefficient (Wildman–Crippen LogP) is 2.61. The van der Waals surface area contributed by atoms with Crippen LogP contribution in [-0.2, 0) is 0 Å². The molecule has 0 aliphatic rings. The van der Waals surface area contributed by atoms with Crippen molar-refractivity contribution < 1.29 is 0 Å². The molecule has 0 saturated carbocycles. The molecule has 0 amide bonds. The summed E-state index contributed by atoms with van der Waals surface area (Å²) in [7, 11) is 1.94. The minimum atomic E-state index is 0.215. The highest BCUT2D eigenvalue weighted by Gasteiger charge is 2.13. The van der Waals surface area contributed by atoms with E-state index in [4.69, 9.17) is 0 Å². The van der Waals surface area contributed by atoms with Gasteiger partial charge in [-0.3, -0.25) is 0 Å². The number of tetrazole rings is 1. The molecule has 0 spiro atoms. The van der Waals surface area contributed by atoms with Crippen LogP contribution in [0.3, 0.4) is 0 Å². The molecule has 0 radical (unpaired) electrons. The van der Waals surface area contributed by atoms with Crippen molar-refractivity contribution >= 4 is 0 Å². The fourth-order valence-corrected chi connectivity index (χ4v) is 2.21. The van der Waals surface area contributed by atoms with Gasteiger partial charge < -0.3 is 5.32 Å². The van der Waals surface area contributed by atoms with Gasteiger partial charge in [-0.05, 0) is 30.8 Å². The first-order chi connectivity index (χ1) is 10.3. The Kier molecular flexibility index (Phi) is 3.75. The van der Waals surface area contributed by atoms with E-state index in [-0.39, 0.29) is 6.04 Å². The summed E-state index contributed by atoms with van der Waals surface area (Å²) in [4.78, 5) is 1.59. The Morgan fingerprint density at radius 1 is 1.00 bits per heavy atom. The number of nitrogens with zero attached hydrogens (tertiary/aromatic N) is 4. The molecular formula is C16H17N5. The van der Waals surface area contributed by atoms with Gasteiger partial charge in [0, 0.05) is 11.6 Å². The normalized spacial score (nSPS) is 12.3. The molecule has 1 N–H and O–H groups in total. The lowest BCUT2D eigenvalue weighted by Crippen LogP contribution is -2.15.